The lowest BCUT2D eigenvalue weighted by Crippen LogP contribution is -2.30. The third-order valence-electron chi connectivity index (χ3n) is 17.5. The molecule has 2 unspecified atom stereocenters. The Hall–Kier alpha value is -1.94. The molecule has 0 bridgehead atoms. The highest BCUT2D eigenvalue weighted by molar-refractivity contribution is 7.47. The predicted molar refractivity (Wildman–Crippen MR) is 382 cm³/mol. The van der Waals surface area contributed by atoms with E-state index in [0.717, 1.165) is 95.8 Å². The van der Waals surface area contributed by atoms with Crippen LogP contribution in [0.25, 0.3) is 0 Å². The van der Waals surface area contributed by atoms with E-state index in [1.807, 2.05) is 0 Å². The number of hydrogen-bond donors (Lipinski definition) is 3. The zero-order valence-corrected chi connectivity index (χ0v) is 62.9. The molecule has 0 spiro atoms. The van der Waals surface area contributed by atoms with Crippen molar-refractivity contribution in [2.45, 2.75) is 412 Å². The standard InChI is InChI=1S/C75H146O17P2/c1-6-9-12-15-18-21-24-25-26-27-28-29-36-41-46-51-56-61-75(80)92-71(65-86-73(78)59-54-49-44-39-35-31-30-34-37-42-47-52-57-68(4)5)67-90-94(83,84)88-63-69(76)62-87-93(81,82)89-66-70(91-74(79)60-55-50-45-40-33-23-20-17-14-11-8-3)64-85-72(77)58-53-48-43-38-32-22-19-16-13-10-7-2/h68-71,76H,6-67H2,1-5H3,(H,81,82)(H,83,84)/t69-,70+,71+/m0/s1. The van der Waals surface area contributed by atoms with E-state index < -0.39 is 97.5 Å². The van der Waals surface area contributed by atoms with E-state index in [1.165, 1.54) is 218 Å². The lowest BCUT2D eigenvalue weighted by Gasteiger charge is -2.21. The summed E-state index contributed by atoms with van der Waals surface area (Å²) in [5, 5.41) is 10.6. The summed E-state index contributed by atoms with van der Waals surface area (Å²) in [6, 6.07) is 0. The second-order valence-corrected chi connectivity index (χ2v) is 30.4. The van der Waals surface area contributed by atoms with Crippen LogP contribution < -0.4 is 0 Å². The number of rotatable bonds is 75. The molecule has 5 atom stereocenters. The highest BCUT2D eigenvalue weighted by Gasteiger charge is 2.30. The zero-order chi connectivity index (χ0) is 69.1. The molecule has 0 saturated carbocycles. The van der Waals surface area contributed by atoms with Gasteiger partial charge in [0.05, 0.1) is 26.4 Å². The summed E-state index contributed by atoms with van der Waals surface area (Å²) >= 11 is 0. The third-order valence-corrected chi connectivity index (χ3v) is 19.4. The molecule has 19 heteroatoms. The van der Waals surface area contributed by atoms with Gasteiger partial charge in [0.25, 0.3) is 0 Å². The number of hydrogen-bond acceptors (Lipinski definition) is 15. The third kappa shape index (κ3) is 68.6. The van der Waals surface area contributed by atoms with Gasteiger partial charge in [-0.2, -0.15) is 0 Å². The van der Waals surface area contributed by atoms with Crippen LogP contribution in [-0.4, -0.2) is 96.7 Å². The van der Waals surface area contributed by atoms with Crippen molar-refractivity contribution in [1.82, 2.24) is 0 Å². The summed E-state index contributed by atoms with van der Waals surface area (Å²) in [5.74, 6) is -1.33. The van der Waals surface area contributed by atoms with Crippen LogP contribution in [0, 0.1) is 5.92 Å². The maximum atomic E-state index is 13.1. The van der Waals surface area contributed by atoms with Crippen LogP contribution in [-0.2, 0) is 65.4 Å². The van der Waals surface area contributed by atoms with Gasteiger partial charge in [-0.3, -0.25) is 37.3 Å². The van der Waals surface area contributed by atoms with Gasteiger partial charge in [0.15, 0.2) is 12.2 Å². The molecule has 0 aliphatic carbocycles. The van der Waals surface area contributed by atoms with Gasteiger partial charge < -0.3 is 33.8 Å². The van der Waals surface area contributed by atoms with Crippen LogP contribution in [0.3, 0.4) is 0 Å². The molecule has 94 heavy (non-hydrogen) atoms. The molecule has 558 valence electrons. The molecule has 0 fully saturated rings. The van der Waals surface area contributed by atoms with Gasteiger partial charge in [-0.25, -0.2) is 9.13 Å². The molecule has 0 saturated heterocycles. The van der Waals surface area contributed by atoms with Crippen molar-refractivity contribution in [3.05, 3.63) is 0 Å². The van der Waals surface area contributed by atoms with Crippen LogP contribution in [0.5, 0.6) is 0 Å². The Labute approximate surface area is 575 Å². The Morgan fingerprint density at radius 3 is 0.723 bits per heavy atom. The first-order valence-corrected chi connectivity index (χ1v) is 42.1. The minimum absolute atomic E-state index is 0.107. The summed E-state index contributed by atoms with van der Waals surface area (Å²) in [5.41, 5.74) is 0. The average molecular weight is 1380 g/mol. The fourth-order valence-corrected chi connectivity index (χ4v) is 13.1. The minimum Gasteiger partial charge on any atom is -0.462 e. The number of carbonyl (C=O) groups excluding carboxylic acids is 4. The average Bonchev–Trinajstić information content (AvgIpc) is 1.67. The molecule has 0 amide bonds. The molecule has 17 nitrogen and oxygen atoms in total. The summed E-state index contributed by atoms with van der Waals surface area (Å²) in [6.45, 7) is 7.30. The molecule has 0 aliphatic heterocycles. The van der Waals surface area contributed by atoms with Crippen LogP contribution in [0.4, 0.5) is 0 Å². The first-order valence-electron chi connectivity index (χ1n) is 39.1. The first kappa shape index (κ1) is 92.1. The largest absolute Gasteiger partial charge is 0.472 e. The number of phosphoric acid groups is 2. The predicted octanol–water partition coefficient (Wildman–Crippen LogP) is 22.1. The normalized spacial score (nSPS) is 14.0. The molecule has 0 rings (SSSR count). The van der Waals surface area contributed by atoms with Crippen molar-refractivity contribution in [2.24, 2.45) is 5.92 Å². The van der Waals surface area contributed by atoms with Gasteiger partial charge in [-0.05, 0) is 31.6 Å². The van der Waals surface area contributed by atoms with Crippen LogP contribution in [0.15, 0.2) is 0 Å². The number of carbonyl (C=O) groups is 4. The van der Waals surface area contributed by atoms with Crippen LogP contribution in [0.2, 0.25) is 0 Å². The number of phosphoric ester groups is 2. The number of aliphatic hydroxyl groups is 1. The molecule has 0 radical (unpaired) electrons. The Kier molecular flexibility index (Phi) is 66.8. The summed E-state index contributed by atoms with van der Waals surface area (Å²) in [4.78, 5) is 72.8. The Morgan fingerprint density at radius 1 is 0.287 bits per heavy atom. The number of aliphatic hydroxyl groups excluding tert-OH is 1. The Bertz CT molecular complexity index is 1810. The smallest absolute Gasteiger partial charge is 0.462 e. The van der Waals surface area contributed by atoms with Gasteiger partial charge in [-0.1, -0.05) is 343 Å². The fourth-order valence-electron chi connectivity index (χ4n) is 11.5. The molecule has 0 heterocycles. The monoisotopic (exact) mass is 1380 g/mol. The lowest BCUT2D eigenvalue weighted by molar-refractivity contribution is -0.161. The lowest BCUT2D eigenvalue weighted by atomic mass is 10.0. The van der Waals surface area contributed by atoms with Crippen molar-refractivity contribution < 1.29 is 80.2 Å². The van der Waals surface area contributed by atoms with Gasteiger partial charge in [0, 0.05) is 25.7 Å². The molecule has 3 N–H and O–H groups in total. The van der Waals surface area contributed by atoms with E-state index in [1.54, 1.807) is 0 Å². The minimum atomic E-state index is -4.96. The second kappa shape index (κ2) is 68.2. The maximum Gasteiger partial charge on any atom is 0.472 e. The highest BCUT2D eigenvalue weighted by atomic mass is 31.2. The molecular weight excluding hydrogens is 1230 g/mol. The molecule has 0 aromatic heterocycles. The van der Waals surface area contributed by atoms with Gasteiger partial charge >= 0.3 is 39.5 Å². The van der Waals surface area contributed by atoms with E-state index in [4.69, 9.17) is 37.0 Å². The zero-order valence-electron chi connectivity index (χ0n) is 61.1. The number of esters is 4. The van der Waals surface area contributed by atoms with E-state index in [9.17, 15) is 43.2 Å². The van der Waals surface area contributed by atoms with Gasteiger partial charge in [0.2, 0.25) is 0 Å². The van der Waals surface area contributed by atoms with E-state index in [0.29, 0.717) is 25.7 Å². The van der Waals surface area contributed by atoms with Gasteiger partial charge in [-0.15, -0.1) is 0 Å². The first-order chi connectivity index (χ1) is 45.5. The second-order valence-electron chi connectivity index (χ2n) is 27.5. The van der Waals surface area contributed by atoms with Crippen LogP contribution >= 0.6 is 15.6 Å². The topological polar surface area (TPSA) is 237 Å². The Morgan fingerprint density at radius 2 is 0.489 bits per heavy atom. The van der Waals surface area contributed by atoms with E-state index in [2.05, 4.69) is 34.6 Å². The number of unbranched alkanes of at least 4 members (excludes halogenated alkanes) is 47. The van der Waals surface area contributed by atoms with Crippen LogP contribution in [0.1, 0.15) is 394 Å². The van der Waals surface area contributed by atoms with Crippen molar-refractivity contribution in [3.8, 4) is 0 Å². The molecule has 0 aliphatic rings. The Balaban J connectivity index is 5.24. The maximum absolute atomic E-state index is 13.1. The van der Waals surface area contributed by atoms with Crippen molar-refractivity contribution in [3.63, 3.8) is 0 Å². The SMILES string of the molecule is CCCCCCCCCCCCCCCCCCCC(=O)O[C@H](COC(=O)CCCCCCCCCCCCCCC(C)C)COP(=O)(O)OC[C@@H](O)COP(=O)(O)OC[C@@H](COC(=O)CCCCCCCCCCCCC)OC(=O)CCCCCCCCCCCCC. The van der Waals surface area contributed by atoms with Crippen molar-refractivity contribution in [2.75, 3.05) is 39.6 Å². The quantitative estimate of drug-likeness (QED) is 0.0222. The van der Waals surface area contributed by atoms with Crippen molar-refractivity contribution in [1.29, 1.82) is 0 Å². The summed E-state index contributed by atoms with van der Waals surface area (Å²) < 4.78 is 68.5. The fraction of sp³-hybridized carbons (Fsp3) is 0.947. The summed E-state index contributed by atoms with van der Waals surface area (Å²) in [6.07, 6.45) is 56.7. The highest BCUT2D eigenvalue weighted by Crippen LogP contribution is 2.45. The molecule has 0 aromatic carbocycles. The summed E-state index contributed by atoms with van der Waals surface area (Å²) in [7, 11) is -9.91. The van der Waals surface area contributed by atoms with E-state index in [-0.39, 0.29) is 25.7 Å². The molecule has 0 aromatic rings. The van der Waals surface area contributed by atoms with Gasteiger partial charge in [0.1, 0.15) is 19.3 Å². The van der Waals surface area contributed by atoms with E-state index >= 15 is 0 Å². The molecular formula is C75H146O17P2. The number of ether oxygens (including phenoxy) is 4. The van der Waals surface area contributed by atoms with Crippen molar-refractivity contribution >= 4 is 39.5 Å².